The standard InChI is InChI=1S/C14H16N2O4/c1-19-13-5-12-10(4-11(13)14(17)18)7-16(15-12)6-9-2-3-20-8-9/h4-5,7,9H,2-3,6,8H2,1H3,(H,17,18). The summed E-state index contributed by atoms with van der Waals surface area (Å²) < 4.78 is 12.3. The lowest BCUT2D eigenvalue weighted by Gasteiger charge is -2.06. The summed E-state index contributed by atoms with van der Waals surface area (Å²) in [7, 11) is 1.46. The van der Waals surface area contributed by atoms with Crippen LogP contribution in [0.3, 0.4) is 0 Å². The smallest absolute Gasteiger partial charge is 0.339 e. The SMILES string of the molecule is COc1cc2nn(CC3CCOC3)cc2cc1C(=O)O. The Morgan fingerprint density at radius 1 is 1.60 bits per heavy atom. The number of hydrogen-bond donors (Lipinski definition) is 1. The number of carbonyl (C=O) groups is 1. The molecule has 2 heterocycles. The average Bonchev–Trinajstić information content (AvgIpc) is 3.05. The molecular weight excluding hydrogens is 260 g/mol. The summed E-state index contributed by atoms with van der Waals surface area (Å²) in [6, 6.07) is 3.27. The van der Waals surface area contributed by atoms with E-state index in [1.807, 2.05) is 10.9 Å². The first-order valence-electron chi connectivity index (χ1n) is 6.53. The van der Waals surface area contributed by atoms with Gasteiger partial charge in [0.15, 0.2) is 0 Å². The summed E-state index contributed by atoms with van der Waals surface area (Å²) in [6.07, 6.45) is 2.92. The Bertz CT molecular complexity index is 644. The lowest BCUT2D eigenvalue weighted by molar-refractivity contribution is 0.0693. The highest BCUT2D eigenvalue weighted by molar-refractivity contribution is 5.96. The molecule has 0 bridgehead atoms. The van der Waals surface area contributed by atoms with Crippen molar-refractivity contribution < 1.29 is 19.4 Å². The van der Waals surface area contributed by atoms with E-state index in [0.29, 0.717) is 11.7 Å². The van der Waals surface area contributed by atoms with Gasteiger partial charge in [0.05, 0.1) is 19.2 Å². The van der Waals surface area contributed by atoms with E-state index in [-0.39, 0.29) is 5.56 Å². The van der Waals surface area contributed by atoms with Crippen molar-refractivity contribution in [2.45, 2.75) is 13.0 Å². The van der Waals surface area contributed by atoms with Crippen molar-refractivity contribution in [2.75, 3.05) is 20.3 Å². The Hall–Kier alpha value is -2.08. The Kier molecular flexibility index (Phi) is 3.31. The van der Waals surface area contributed by atoms with Crippen LogP contribution in [0.2, 0.25) is 0 Å². The van der Waals surface area contributed by atoms with Crippen LogP contribution in [0.15, 0.2) is 18.3 Å². The van der Waals surface area contributed by atoms with Crippen LogP contribution in [0.4, 0.5) is 0 Å². The number of carboxylic acid groups (broad SMARTS) is 1. The molecule has 1 aliphatic heterocycles. The van der Waals surface area contributed by atoms with Crippen LogP contribution in [0, 0.1) is 5.92 Å². The Morgan fingerprint density at radius 2 is 2.45 bits per heavy atom. The summed E-state index contributed by atoms with van der Waals surface area (Å²) >= 11 is 0. The van der Waals surface area contributed by atoms with Crippen molar-refractivity contribution in [2.24, 2.45) is 5.92 Å². The van der Waals surface area contributed by atoms with E-state index in [1.165, 1.54) is 7.11 Å². The maximum absolute atomic E-state index is 11.2. The number of hydrogen-bond acceptors (Lipinski definition) is 4. The Balaban J connectivity index is 1.95. The number of methoxy groups -OCH3 is 1. The lowest BCUT2D eigenvalue weighted by atomic mass is 10.1. The molecule has 1 N–H and O–H groups in total. The predicted octanol–water partition coefficient (Wildman–Crippen LogP) is 1.78. The van der Waals surface area contributed by atoms with E-state index in [4.69, 9.17) is 14.6 Å². The number of fused-ring (bicyclic) bond motifs is 1. The summed E-state index contributed by atoms with van der Waals surface area (Å²) in [4.78, 5) is 11.2. The van der Waals surface area contributed by atoms with Crippen LogP contribution in [0.1, 0.15) is 16.8 Å². The monoisotopic (exact) mass is 276 g/mol. The fourth-order valence-corrected chi connectivity index (χ4v) is 2.53. The zero-order chi connectivity index (χ0) is 14.1. The Labute approximate surface area is 115 Å². The molecule has 2 aromatic rings. The minimum Gasteiger partial charge on any atom is -0.496 e. The summed E-state index contributed by atoms with van der Waals surface area (Å²) in [5, 5.41) is 14.5. The van der Waals surface area contributed by atoms with Crippen molar-refractivity contribution in [1.82, 2.24) is 9.78 Å². The highest BCUT2D eigenvalue weighted by atomic mass is 16.5. The molecule has 1 aromatic heterocycles. The number of carboxylic acids is 1. The van der Waals surface area contributed by atoms with Crippen molar-refractivity contribution in [3.63, 3.8) is 0 Å². The molecule has 1 aromatic carbocycles. The number of benzene rings is 1. The molecule has 0 spiro atoms. The van der Waals surface area contributed by atoms with Gasteiger partial charge in [0.2, 0.25) is 0 Å². The van der Waals surface area contributed by atoms with E-state index in [0.717, 1.165) is 37.1 Å². The van der Waals surface area contributed by atoms with E-state index >= 15 is 0 Å². The minimum atomic E-state index is -0.999. The lowest BCUT2D eigenvalue weighted by Crippen LogP contribution is -2.10. The maximum atomic E-state index is 11.2. The molecule has 0 amide bonds. The van der Waals surface area contributed by atoms with Crippen LogP contribution < -0.4 is 4.74 Å². The van der Waals surface area contributed by atoms with Crippen LogP contribution in [-0.4, -0.2) is 41.2 Å². The summed E-state index contributed by atoms with van der Waals surface area (Å²) in [5.74, 6) is -0.190. The second-order valence-electron chi connectivity index (χ2n) is 5.00. The van der Waals surface area contributed by atoms with Gasteiger partial charge in [-0.2, -0.15) is 5.10 Å². The van der Waals surface area contributed by atoms with Crippen molar-refractivity contribution >= 4 is 16.9 Å². The molecule has 1 unspecified atom stereocenters. The minimum absolute atomic E-state index is 0.156. The molecular formula is C14H16N2O4. The molecule has 20 heavy (non-hydrogen) atoms. The number of aromatic carboxylic acids is 1. The second-order valence-corrected chi connectivity index (χ2v) is 5.00. The molecule has 1 saturated heterocycles. The summed E-state index contributed by atoms with van der Waals surface area (Å²) in [6.45, 7) is 2.36. The van der Waals surface area contributed by atoms with E-state index in [9.17, 15) is 4.79 Å². The average molecular weight is 276 g/mol. The third-order valence-corrected chi connectivity index (χ3v) is 3.57. The molecule has 6 nitrogen and oxygen atoms in total. The third kappa shape index (κ3) is 2.34. The fourth-order valence-electron chi connectivity index (χ4n) is 2.53. The molecule has 0 saturated carbocycles. The van der Waals surface area contributed by atoms with Gasteiger partial charge in [-0.15, -0.1) is 0 Å². The zero-order valence-corrected chi connectivity index (χ0v) is 11.2. The first-order valence-corrected chi connectivity index (χ1v) is 6.53. The highest BCUT2D eigenvalue weighted by Gasteiger charge is 2.18. The molecule has 1 atom stereocenters. The van der Waals surface area contributed by atoms with Crippen LogP contribution >= 0.6 is 0 Å². The third-order valence-electron chi connectivity index (χ3n) is 3.57. The van der Waals surface area contributed by atoms with Gasteiger partial charge in [0.25, 0.3) is 0 Å². The van der Waals surface area contributed by atoms with E-state index < -0.39 is 5.97 Å². The van der Waals surface area contributed by atoms with E-state index in [1.54, 1.807) is 12.1 Å². The van der Waals surface area contributed by atoms with Gasteiger partial charge in [-0.1, -0.05) is 0 Å². The zero-order valence-electron chi connectivity index (χ0n) is 11.2. The normalized spacial score (nSPS) is 18.6. The molecule has 1 fully saturated rings. The van der Waals surface area contributed by atoms with Crippen molar-refractivity contribution in [3.05, 3.63) is 23.9 Å². The maximum Gasteiger partial charge on any atom is 0.339 e. The number of ether oxygens (including phenoxy) is 2. The first kappa shape index (κ1) is 12.9. The molecule has 6 heteroatoms. The molecule has 106 valence electrons. The van der Waals surface area contributed by atoms with Gasteiger partial charge in [-0.05, 0) is 12.5 Å². The van der Waals surface area contributed by atoms with Crippen LogP contribution in [-0.2, 0) is 11.3 Å². The van der Waals surface area contributed by atoms with Gasteiger partial charge >= 0.3 is 5.97 Å². The van der Waals surface area contributed by atoms with Gasteiger partial charge in [-0.3, -0.25) is 4.68 Å². The first-order chi connectivity index (χ1) is 9.67. The van der Waals surface area contributed by atoms with Crippen molar-refractivity contribution in [1.29, 1.82) is 0 Å². The largest absolute Gasteiger partial charge is 0.496 e. The van der Waals surface area contributed by atoms with E-state index in [2.05, 4.69) is 5.10 Å². The fraction of sp³-hybridized carbons (Fsp3) is 0.429. The topological polar surface area (TPSA) is 73.6 Å². The van der Waals surface area contributed by atoms with Crippen molar-refractivity contribution in [3.8, 4) is 5.75 Å². The molecule has 1 aliphatic rings. The van der Waals surface area contributed by atoms with Gasteiger partial charge in [0, 0.05) is 36.7 Å². The molecule has 0 aliphatic carbocycles. The van der Waals surface area contributed by atoms with Crippen LogP contribution in [0.25, 0.3) is 10.9 Å². The number of aromatic nitrogens is 2. The number of nitrogens with zero attached hydrogens (tertiary/aromatic N) is 2. The van der Waals surface area contributed by atoms with Gasteiger partial charge in [0.1, 0.15) is 11.3 Å². The number of rotatable bonds is 4. The van der Waals surface area contributed by atoms with Gasteiger partial charge < -0.3 is 14.6 Å². The summed E-state index contributed by atoms with van der Waals surface area (Å²) in [5.41, 5.74) is 0.898. The quantitative estimate of drug-likeness (QED) is 0.921. The molecule has 0 radical (unpaired) electrons. The molecule has 3 rings (SSSR count). The van der Waals surface area contributed by atoms with Gasteiger partial charge in [-0.25, -0.2) is 4.79 Å². The second kappa shape index (κ2) is 5.13. The Morgan fingerprint density at radius 3 is 3.10 bits per heavy atom. The van der Waals surface area contributed by atoms with Crippen LogP contribution in [0.5, 0.6) is 5.75 Å². The highest BCUT2D eigenvalue weighted by Crippen LogP contribution is 2.26. The predicted molar refractivity (Wildman–Crippen MR) is 72.2 cm³/mol.